The van der Waals surface area contributed by atoms with E-state index in [9.17, 15) is 4.79 Å². The molecule has 18 heavy (non-hydrogen) atoms. The van der Waals surface area contributed by atoms with E-state index < -0.39 is 0 Å². The van der Waals surface area contributed by atoms with Crippen LogP contribution >= 0.6 is 0 Å². The summed E-state index contributed by atoms with van der Waals surface area (Å²) >= 11 is 0. The predicted molar refractivity (Wildman–Crippen MR) is 66.8 cm³/mol. The van der Waals surface area contributed by atoms with Crippen molar-refractivity contribution >= 4 is 0 Å². The predicted octanol–water partition coefficient (Wildman–Crippen LogP) is 1.08. The van der Waals surface area contributed by atoms with E-state index >= 15 is 0 Å². The molecule has 2 heterocycles. The molecule has 0 saturated heterocycles. The molecule has 96 valence electrons. The van der Waals surface area contributed by atoms with E-state index in [4.69, 9.17) is 4.74 Å². The lowest BCUT2D eigenvalue weighted by Crippen LogP contribution is -2.23. The number of hydrogen-bond acceptors (Lipinski definition) is 4. The summed E-state index contributed by atoms with van der Waals surface area (Å²) in [7, 11) is 1.52. The van der Waals surface area contributed by atoms with Gasteiger partial charge in [0.15, 0.2) is 0 Å². The highest BCUT2D eigenvalue weighted by Gasteiger charge is 2.06. The molecule has 0 saturated carbocycles. The van der Waals surface area contributed by atoms with Gasteiger partial charge in [-0.05, 0) is 19.9 Å². The summed E-state index contributed by atoms with van der Waals surface area (Å²) in [4.78, 5) is 11.6. The quantitative estimate of drug-likeness (QED) is 0.812. The smallest absolute Gasteiger partial charge is 0.267 e. The summed E-state index contributed by atoms with van der Waals surface area (Å²) in [6, 6.07) is 5.17. The van der Waals surface area contributed by atoms with Crippen LogP contribution in [-0.4, -0.2) is 26.7 Å². The number of ether oxygens (including phenoxy) is 1. The number of aromatic nitrogens is 4. The molecule has 0 amide bonds. The number of nitrogens with zero attached hydrogens (tertiary/aromatic N) is 4. The minimum atomic E-state index is -0.171. The molecular weight excluding hydrogens is 232 g/mol. The largest absolute Gasteiger partial charge is 0.480 e. The first kappa shape index (κ1) is 12.3. The van der Waals surface area contributed by atoms with Crippen LogP contribution < -0.4 is 10.3 Å². The molecule has 2 aromatic rings. The zero-order valence-corrected chi connectivity index (χ0v) is 10.7. The first-order valence-electron chi connectivity index (χ1n) is 5.76. The fraction of sp³-hybridized carbons (Fsp3) is 0.417. The minimum Gasteiger partial charge on any atom is -0.480 e. The Kier molecular flexibility index (Phi) is 3.45. The van der Waals surface area contributed by atoms with Crippen molar-refractivity contribution < 1.29 is 4.74 Å². The molecule has 0 spiro atoms. The second-order valence-corrected chi connectivity index (χ2v) is 4.25. The minimum absolute atomic E-state index is 0.171. The Morgan fingerprint density at radius 2 is 2.06 bits per heavy atom. The molecule has 0 atom stereocenters. The van der Waals surface area contributed by atoms with Gasteiger partial charge in [0.1, 0.15) is 0 Å². The maximum Gasteiger partial charge on any atom is 0.267 e. The van der Waals surface area contributed by atoms with Gasteiger partial charge in [0.2, 0.25) is 5.88 Å². The van der Waals surface area contributed by atoms with Gasteiger partial charge in [-0.1, -0.05) is 0 Å². The van der Waals surface area contributed by atoms with Gasteiger partial charge in [-0.25, -0.2) is 4.68 Å². The van der Waals surface area contributed by atoms with Gasteiger partial charge in [-0.2, -0.15) is 5.10 Å². The van der Waals surface area contributed by atoms with Crippen LogP contribution in [0, 0.1) is 0 Å². The normalized spacial score (nSPS) is 10.9. The maximum atomic E-state index is 11.6. The number of methoxy groups -OCH3 is 1. The van der Waals surface area contributed by atoms with E-state index in [1.807, 2.05) is 30.8 Å². The van der Waals surface area contributed by atoms with Gasteiger partial charge in [0, 0.05) is 24.4 Å². The molecule has 2 rings (SSSR count). The van der Waals surface area contributed by atoms with Crippen molar-refractivity contribution in [3.8, 4) is 5.88 Å². The Bertz CT molecular complexity index is 586. The summed E-state index contributed by atoms with van der Waals surface area (Å²) in [5, 5.41) is 8.45. The van der Waals surface area contributed by atoms with Crippen LogP contribution in [0.25, 0.3) is 0 Å². The number of hydrogen-bond donors (Lipinski definition) is 0. The third kappa shape index (κ3) is 2.58. The Morgan fingerprint density at radius 1 is 1.28 bits per heavy atom. The monoisotopic (exact) mass is 248 g/mol. The molecule has 6 heteroatoms. The van der Waals surface area contributed by atoms with Crippen LogP contribution in [0.2, 0.25) is 0 Å². The van der Waals surface area contributed by atoms with Crippen LogP contribution in [0.1, 0.15) is 25.6 Å². The van der Waals surface area contributed by atoms with E-state index in [1.54, 1.807) is 6.07 Å². The van der Waals surface area contributed by atoms with Crippen molar-refractivity contribution in [1.82, 2.24) is 19.6 Å². The molecule has 0 fully saturated rings. The zero-order valence-electron chi connectivity index (χ0n) is 10.7. The van der Waals surface area contributed by atoms with Crippen LogP contribution in [0.4, 0.5) is 0 Å². The van der Waals surface area contributed by atoms with Crippen molar-refractivity contribution in [3.05, 3.63) is 40.4 Å². The Morgan fingerprint density at radius 3 is 2.67 bits per heavy atom. The van der Waals surface area contributed by atoms with E-state index in [1.165, 1.54) is 17.9 Å². The molecule has 0 unspecified atom stereocenters. The highest BCUT2D eigenvalue weighted by Crippen LogP contribution is 2.05. The number of rotatable bonds is 4. The van der Waals surface area contributed by atoms with Gasteiger partial charge >= 0.3 is 0 Å². The summed E-state index contributed by atoms with van der Waals surface area (Å²) in [6.45, 7) is 4.44. The van der Waals surface area contributed by atoms with Crippen molar-refractivity contribution in [2.45, 2.75) is 26.4 Å². The fourth-order valence-electron chi connectivity index (χ4n) is 1.56. The van der Waals surface area contributed by atoms with Crippen LogP contribution in [-0.2, 0) is 6.54 Å². The Hall–Kier alpha value is -2.11. The average Bonchev–Trinajstić information content (AvgIpc) is 2.81. The molecule has 0 aliphatic carbocycles. The lowest BCUT2D eigenvalue weighted by atomic mass is 10.4. The lowest BCUT2D eigenvalue weighted by molar-refractivity contribution is 0.378. The van der Waals surface area contributed by atoms with Crippen molar-refractivity contribution in [1.29, 1.82) is 0 Å². The molecule has 0 bridgehead atoms. The fourth-order valence-corrected chi connectivity index (χ4v) is 1.56. The van der Waals surface area contributed by atoms with Crippen molar-refractivity contribution in [3.63, 3.8) is 0 Å². The van der Waals surface area contributed by atoms with Crippen molar-refractivity contribution in [2.24, 2.45) is 0 Å². The maximum absolute atomic E-state index is 11.6. The Balaban J connectivity index is 2.24. The van der Waals surface area contributed by atoms with E-state index in [0.717, 1.165) is 5.69 Å². The average molecular weight is 248 g/mol. The van der Waals surface area contributed by atoms with E-state index in [2.05, 4.69) is 10.2 Å². The molecule has 0 aliphatic rings. The third-order valence-electron chi connectivity index (χ3n) is 2.56. The highest BCUT2D eigenvalue weighted by molar-refractivity contribution is 5.07. The SMILES string of the molecule is COc1ccc(=O)n(Cc2ccn(C(C)C)n2)n1. The van der Waals surface area contributed by atoms with E-state index in [0.29, 0.717) is 18.5 Å². The van der Waals surface area contributed by atoms with Gasteiger partial charge in [-0.15, -0.1) is 5.10 Å². The van der Waals surface area contributed by atoms with Gasteiger partial charge in [0.05, 0.1) is 19.3 Å². The first-order valence-corrected chi connectivity index (χ1v) is 5.76. The summed E-state index contributed by atoms with van der Waals surface area (Å²) < 4.78 is 8.18. The molecule has 0 N–H and O–H groups in total. The van der Waals surface area contributed by atoms with Crippen LogP contribution in [0.15, 0.2) is 29.2 Å². The van der Waals surface area contributed by atoms with Gasteiger partial charge < -0.3 is 4.74 Å². The zero-order chi connectivity index (χ0) is 13.1. The Labute approximate surface area is 105 Å². The van der Waals surface area contributed by atoms with Crippen LogP contribution in [0.5, 0.6) is 5.88 Å². The summed E-state index contributed by atoms with van der Waals surface area (Å²) in [5.74, 6) is 0.415. The molecular formula is C12H16N4O2. The van der Waals surface area contributed by atoms with Gasteiger partial charge in [0.25, 0.3) is 5.56 Å². The molecule has 0 radical (unpaired) electrons. The lowest BCUT2D eigenvalue weighted by Gasteiger charge is -2.05. The summed E-state index contributed by atoms with van der Waals surface area (Å²) in [6.07, 6.45) is 1.89. The second-order valence-electron chi connectivity index (χ2n) is 4.25. The van der Waals surface area contributed by atoms with Crippen molar-refractivity contribution in [2.75, 3.05) is 7.11 Å². The third-order valence-corrected chi connectivity index (χ3v) is 2.56. The standard InChI is InChI=1S/C12H16N4O2/c1-9(2)15-7-6-10(13-15)8-16-12(17)5-4-11(14-16)18-3/h4-7,9H,8H2,1-3H3. The molecule has 0 aliphatic heterocycles. The highest BCUT2D eigenvalue weighted by atomic mass is 16.5. The van der Waals surface area contributed by atoms with E-state index in [-0.39, 0.29) is 5.56 Å². The van der Waals surface area contributed by atoms with Gasteiger partial charge in [-0.3, -0.25) is 9.48 Å². The van der Waals surface area contributed by atoms with Crippen LogP contribution in [0.3, 0.4) is 0 Å². The molecule has 0 aromatic carbocycles. The summed E-state index contributed by atoms with van der Waals surface area (Å²) in [5.41, 5.74) is 0.626. The molecule has 2 aromatic heterocycles. The first-order chi connectivity index (χ1) is 8.60. The second kappa shape index (κ2) is 5.03. The topological polar surface area (TPSA) is 61.9 Å². The molecule has 6 nitrogen and oxygen atoms in total.